The van der Waals surface area contributed by atoms with Crippen LogP contribution in [0, 0.1) is 5.92 Å². The Labute approximate surface area is 168 Å². The van der Waals surface area contributed by atoms with E-state index in [1.807, 2.05) is 54.6 Å². The molecule has 0 aliphatic heterocycles. The molecule has 2 nitrogen and oxygen atoms in total. The van der Waals surface area contributed by atoms with E-state index in [1.165, 1.54) is 16.7 Å². The van der Waals surface area contributed by atoms with Gasteiger partial charge in [0.2, 0.25) is 5.91 Å². The first-order valence-corrected chi connectivity index (χ1v) is 10.1. The summed E-state index contributed by atoms with van der Waals surface area (Å²) in [7, 11) is 0. The summed E-state index contributed by atoms with van der Waals surface area (Å²) in [4.78, 5) is 13.1. The third-order valence-corrected chi connectivity index (χ3v) is 5.04. The lowest BCUT2D eigenvalue weighted by molar-refractivity contribution is -0.122. The van der Waals surface area contributed by atoms with Gasteiger partial charge < -0.3 is 5.32 Å². The fraction of sp³-hybridized carbons (Fsp3) is 0.269. The fourth-order valence-electron chi connectivity index (χ4n) is 3.67. The largest absolute Gasteiger partial charge is 0.349 e. The quantitative estimate of drug-likeness (QED) is 0.508. The zero-order valence-electron chi connectivity index (χ0n) is 16.7. The predicted octanol–water partition coefficient (Wildman–Crippen LogP) is 6.11. The van der Waals surface area contributed by atoms with Crippen LogP contribution < -0.4 is 5.32 Å². The van der Waals surface area contributed by atoms with Crippen LogP contribution >= 0.6 is 0 Å². The number of benzene rings is 3. The van der Waals surface area contributed by atoms with E-state index < -0.39 is 0 Å². The maximum atomic E-state index is 13.1. The SMILES string of the molecule is CC(C)C[C@H](NC(=O)CC(c1ccccc1)c1ccccc1)c1ccccc1. The molecule has 0 heterocycles. The molecule has 0 saturated heterocycles. The first-order chi connectivity index (χ1) is 13.6. The molecule has 3 aromatic carbocycles. The van der Waals surface area contributed by atoms with Gasteiger partial charge in [0.15, 0.2) is 0 Å². The lowest BCUT2D eigenvalue weighted by Gasteiger charge is -2.23. The third-order valence-electron chi connectivity index (χ3n) is 5.04. The number of carbonyl (C=O) groups excluding carboxylic acids is 1. The normalized spacial score (nSPS) is 12.1. The maximum Gasteiger partial charge on any atom is 0.221 e. The van der Waals surface area contributed by atoms with Gasteiger partial charge >= 0.3 is 0 Å². The third kappa shape index (κ3) is 5.56. The Kier molecular flexibility index (Phi) is 7.02. The van der Waals surface area contributed by atoms with Crippen LogP contribution in [-0.2, 0) is 4.79 Å². The number of rotatable bonds is 8. The predicted molar refractivity (Wildman–Crippen MR) is 116 cm³/mol. The number of hydrogen-bond donors (Lipinski definition) is 1. The molecule has 0 saturated carbocycles. The second-order valence-electron chi connectivity index (χ2n) is 7.74. The molecule has 0 unspecified atom stereocenters. The monoisotopic (exact) mass is 371 g/mol. The van der Waals surface area contributed by atoms with Crippen molar-refractivity contribution < 1.29 is 4.79 Å². The van der Waals surface area contributed by atoms with Gasteiger partial charge in [-0.15, -0.1) is 0 Å². The van der Waals surface area contributed by atoms with E-state index >= 15 is 0 Å². The Morgan fingerprint density at radius 3 is 1.57 bits per heavy atom. The first-order valence-electron chi connectivity index (χ1n) is 10.1. The van der Waals surface area contributed by atoms with Crippen LogP contribution in [0.5, 0.6) is 0 Å². The zero-order chi connectivity index (χ0) is 19.8. The van der Waals surface area contributed by atoms with Gasteiger partial charge in [0.25, 0.3) is 0 Å². The number of carbonyl (C=O) groups is 1. The van der Waals surface area contributed by atoms with Crippen LogP contribution in [0.15, 0.2) is 91.0 Å². The molecule has 0 spiro atoms. The number of amides is 1. The lowest BCUT2D eigenvalue weighted by Crippen LogP contribution is -2.30. The highest BCUT2D eigenvalue weighted by Crippen LogP contribution is 2.29. The Morgan fingerprint density at radius 1 is 0.714 bits per heavy atom. The highest BCUT2D eigenvalue weighted by molar-refractivity contribution is 5.78. The van der Waals surface area contributed by atoms with Crippen LogP contribution in [0.4, 0.5) is 0 Å². The second-order valence-corrected chi connectivity index (χ2v) is 7.74. The minimum absolute atomic E-state index is 0.0425. The van der Waals surface area contributed by atoms with Gasteiger partial charge in [-0.05, 0) is 29.0 Å². The van der Waals surface area contributed by atoms with Gasteiger partial charge in [-0.1, -0.05) is 105 Å². The topological polar surface area (TPSA) is 29.1 Å². The van der Waals surface area contributed by atoms with E-state index in [4.69, 9.17) is 0 Å². The smallest absolute Gasteiger partial charge is 0.221 e. The minimum atomic E-state index is 0.0425. The summed E-state index contributed by atoms with van der Waals surface area (Å²) in [5.41, 5.74) is 3.51. The molecule has 1 N–H and O–H groups in total. The van der Waals surface area contributed by atoms with Crippen molar-refractivity contribution in [3.05, 3.63) is 108 Å². The maximum absolute atomic E-state index is 13.1. The molecule has 0 bridgehead atoms. The molecular weight excluding hydrogens is 342 g/mol. The van der Waals surface area contributed by atoms with E-state index in [2.05, 4.69) is 55.6 Å². The van der Waals surface area contributed by atoms with Crippen LogP contribution in [-0.4, -0.2) is 5.91 Å². The van der Waals surface area contributed by atoms with E-state index in [-0.39, 0.29) is 17.9 Å². The van der Waals surface area contributed by atoms with Crippen molar-refractivity contribution in [2.24, 2.45) is 5.92 Å². The van der Waals surface area contributed by atoms with Gasteiger partial charge in [-0.25, -0.2) is 0 Å². The molecule has 144 valence electrons. The average molecular weight is 372 g/mol. The minimum Gasteiger partial charge on any atom is -0.349 e. The molecule has 0 aromatic heterocycles. The Morgan fingerprint density at radius 2 is 1.14 bits per heavy atom. The summed E-state index contributed by atoms with van der Waals surface area (Å²) >= 11 is 0. The molecule has 0 fully saturated rings. The van der Waals surface area contributed by atoms with Crippen molar-refractivity contribution in [1.29, 1.82) is 0 Å². The first kappa shape index (κ1) is 19.9. The summed E-state index contributed by atoms with van der Waals surface area (Å²) in [6.07, 6.45) is 1.37. The van der Waals surface area contributed by atoms with Gasteiger partial charge in [-0.3, -0.25) is 4.79 Å². The highest BCUT2D eigenvalue weighted by atomic mass is 16.1. The summed E-state index contributed by atoms with van der Waals surface area (Å²) in [6.45, 7) is 4.39. The fourth-order valence-corrected chi connectivity index (χ4v) is 3.67. The molecule has 3 aromatic rings. The second kappa shape index (κ2) is 9.89. The van der Waals surface area contributed by atoms with Crippen molar-refractivity contribution in [2.75, 3.05) is 0 Å². The number of nitrogens with one attached hydrogen (secondary N) is 1. The van der Waals surface area contributed by atoms with Crippen LogP contribution in [0.3, 0.4) is 0 Å². The van der Waals surface area contributed by atoms with Crippen molar-refractivity contribution >= 4 is 5.91 Å². The van der Waals surface area contributed by atoms with E-state index in [0.29, 0.717) is 12.3 Å². The van der Waals surface area contributed by atoms with E-state index in [0.717, 1.165) is 6.42 Å². The summed E-state index contributed by atoms with van der Waals surface area (Å²) in [5.74, 6) is 0.648. The Bertz CT molecular complexity index is 804. The Hall–Kier alpha value is -2.87. The number of hydrogen-bond acceptors (Lipinski definition) is 1. The molecule has 0 aliphatic carbocycles. The summed E-state index contributed by atoms with van der Waals surface area (Å²) < 4.78 is 0. The zero-order valence-corrected chi connectivity index (χ0v) is 16.7. The molecule has 2 heteroatoms. The molecular formula is C26H29NO. The van der Waals surface area contributed by atoms with E-state index in [9.17, 15) is 4.79 Å². The van der Waals surface area contributed by atoms with E-state index in [1.54, 1.807) is 0 Å². The van der Waals surface area contributed by atoms with Gasteiger partial charge in [-0.2, -0.15) is 0 Å². The van der Waals surface area contributed by atoms with Gasteiger partial charge in [0.1, 0.15) is 0 Å². The molecule has 0 radical (unpaired) electrons. The highest BCUT2D eigenvalue weighted by Gasteiger charge is 2.21. The van der Waals surface area contributed by atoms with Crippen LogP contribution in [0.25, 0.3) is 0 Å². The molecule has 1 amide bonds. The molecule has 3 rings (SSSR count). The van der Waals surface area contributed by atoms with Crippen molar-refractivity contribution in [2.45, 2.75) is 38.6 Å². The summed E-state index contributed by atoms with van der Waals surface area (Å²) in [5, 5.41) is 3.30. The average Bonchev–Trinajstić information content (AvgIpc) is 2.73. The van der Waals surface area contributed by atoms with Crippen LogP contribution in [0.1, 0.15) is 55.3 Å². The molecule has 0 aliphatic rings. The molecule has 28 heavy (non-hydrogen) atoms. The van der Waals surface area contributed by atoms with Crippen molar-refractivity contribution in [1.82, 2.24) is 5.32 Å². The van der Waals surface area contributed by atoms with Crippen molar-refractivity contribution in [3.8, 4) is 0 Å². The van der Waals surface area contributed by atoms with Crippen molar-refractivity contribution in [3.63, 3.8) is 0 Å². The Balaban J connectivity index is 1.79. The standard InChI is InChI=1S/C26H29NO/c1-20(2)18-25(23-16-10-5-11-17-23)27-26(28)19-24(21-12-6-3-7-13-21)22-14-8-4-9-15-22/h3-17,20,24-25H,18-19H2,1-2H3,(H,27,28)/t25-/m0/s1. The van der Waals surface area contributed by atoms with Crippen LogP contribution in [0.2, 0.25) is 0 Å². The molecule has 1 atom stereocenters. The lowest BCUT2D eigenvalue weighted by atomic mass is 9.88. The van der Waals surface area contributed by atoms with Gasteiger partial charge in [0, 0.05) is 12.3 Å². The summed E-state index contributed by atoms with van der Waals surface area (Å²) in [6, 6.07) is 30.9. The van der Waals surface area contributed by atoms with Gasteiger partial charge in [0.05, 0.1) is 6.04 Å².